The van der Waals surface area contributed by atoms with Crippen molar-refractivity contribution in [3.05, 3.63) is 30.3 Å². The van der Waals surface area contributed by atoms with E-state index >= 15 is 0 Å². The molecule has 3 atom stereocenters. The number of sulfone groups is 1. The zero-order valence-electron chi connectivity index (χ0n) is 16.8. The minimum absolute atomic E-state index is 0.0366. The number of carbonyl (C=O) groups is 1. The van der Waals surface area contributed by atoms with E-state index in [-0.39, 0.29) is 22.5 Å². The molecule has 0 aromatic heterocycles. The van der Waals surface area contributed by atoms with Gasteiger partial charge in [-0.1, -0.05) is 39.0 Å². The molecular formula is C20H30O5SSi. The van der Waals surface area contributed by atoms with Crippen LogP contribution in [-0.2, 0) is 23.8 Å². The second-order valence-corrected chi connectivity index (χ2v) is 16.2. The largest absolute Gasteiger partial charge is 0.455 e. The predicted molar refractivity (Wildman–Crippen MR) is 107 cm³/mol. The van der Waals surface area contributed by atoms with E-state index < -0.39 is 35.0 Å². The van der Waals surface area contributed by atoms with Crippen molar-refractivity contribution in [3.63, 3.8) is 0 Å². The molecule has 1 aromatic carbocycles. The van der Waals surface area contributed by atoms with Crippen LogP contribution in [0.2, 0.25) is 18.1 Å². The molecule has 1 spiro atoms. The van der Waals surface area contributed by atoms with Crippen molar-refractivity contribution < 1.29 is 22.4 Å². The van der Waals surface area contributed by atoms with Crippen LogP contribution in [0.25, 0.3) is 0 Å². The molecule has 7 heteroatoms. The Morgan fingerprint density at radius 1 is 1.19 bits per heavy atom. The Hall–Kier alpha value is -1.18. The van der Waals surface area contributed by atoms with E-state index in [0.29, 0.717) is 6.42 Å². The summed E-state index contributed by atoms with van der Waals surface area (Å²) in [5.41, 5.74) is -0.806. The molecule has 1 saturated heterocycles. The van der Waals surface area contributed by atoms with E-state index in [4.69, 9.17) is 9.16 Å². The van der Waals surface area contributed by atoms with Gasteiger partial charge in [-0.15, -0.1) is 0 Å². The highest BCUT2D eigenvalue weighted by molar-refractivity contribution is 7.92. The molecule has 27 heavy (non-hydrogen) atoms. The first-order chi connectivity index (χ1) is 12.4. The van der Waals surface area contributed by atoms with Gasteiger partial charge in [-0.05, 0) is 49.5 Å². The van der Waals surface area contributed by atoms with E-state index in [1.807, 2.05) is 0 Å². The lowest BCUT2D eigenvalue weighted by atomic mass is 9.96. The molecule has 0 amide bonds. The molecule has 1 unspecified atom stereocenters. The van der Waals surface area contributed by atoms with Gasteiger partial charge in [0.2, 0.25) is 0 Å². The first-order valence-corrected chi connectivity index (χ1v) is 14.0. The van der Waals surface area contributed by atoms with E-state index in [1.54, 1.807) is 18.2 Å². The molecule has 0 N–H and O–H groups in total. The third-order valence-corrected chi connectivity index (χ3v) is 13.0. The van der Waals surface area contributed by atoms with Gasteiger partial charge in [0.15, 0.2) is 23.4 Å². The van der Waals surface area contributed by atoms with Gasteiger partial charge < -0.3 is 9.16 Å². The smallest absolute Gasteiger partial charge is 0.325 e. The molecule has 3 rings (SSSR count). The first-order valence-electron chi connectivity index (χ1n) is 9.59. The zero-order valence-corrected chi connectivity index (χ0v) is 18.6. The summed E-state index contributed by atoms with van der Waals surface area (Å²) in [5, 5.41) is -1.11. The Morgan fingerprint density at radius 2 is 1.81 bits per heavy atom. The highest BCUT2D eigenvalue weighted by atomic mass is 32.2. The van der Waals surface area contributed by atoms with E-state index in [1.165, 1.54) is 12.1 Å². The minimum Gasteiger partial charge on any atom is -0.455 e. The van der Waals surface area contributed by atoms with Crippen LogP contribution in [0.3, 0.4) is 0 Å². The third-order valence-electron chi connectivity index (χ3n) is 6.44. The van der Waals surface area contributed by atoms with Crippen molar-refractivity contribution in [3.8, 4) is 0 Å². The predicted octanol–water partition coefficient (Wildman–Crippen LogP) is 4.09. The molecule has 5 nitrogen and oxygen atoms in total. The molecule has 1 aliphatic heterocycles. The SMILES string of the molecule is CC(C)(C)[Si](C)(C)O[C@H]1CCCC12C[C@@H](S(=O)(=O)c1ccccc1)C(=O)O2. The molecule has 2 fully saturated rings. The number of carbonyl (C=O) groups excluding carboxylic acids is 1. The summed E-state index contributed by atoms with van der Waals surface area (Å²) in [4.78, 5) is 12.8. The van der Waals surface area contributed by atoms with Crippen molar-refractivity contribution in [2.75, 3.05) is 0 Å². The van der Waals surface area contributed by atoms with Crippen LogP contribution in [0.1, 0.15) is 46.5 Å². The Balaban J connectivity index is 1.87. The quantitative estimate of drug-likeness (QED) is 0.552. The van der Waals surface area contributed by atoms with Crippen LogP contribution in [0, 0.1) is 0 Å². The lowest BCUT2D eigenvalue weighted by Gasteiger charge is -2.42. The third kappa shape index (κ3) is 3.61. The van der Waals surface area contributed by atoms with Crippen molar-refractivity contribution >= 4 is 24.1 Å². The fourth-order valence-corrected chi connectivity index (χ4v) is 6.84. The van der Waals surface area contributed by atoms with Crippen LogP contribution in [0.5, 0.6) is 0 Å². The molecule has 1 heterocycles. The van der Waals surface area contributed by atoms with Crippen LogP contribution in [0.15, 0.2) is 35.2 Å². The Bertz CT molecular complexity index is 813. The van der Waals surface area contributed by atoms with Crippen LogP contribution in [0.4, 0.5) is 0 Å². The number of hydrogen-bond acceptors (Lipinski definition) is 5. The van der Waals surface area contributed by atoms with E-state index in [2.05, 4.69) is 33.9 Å². The monoisotopic (exact) mass is 410 g/mol. The summed E-state index contributed by atoms with van der Waals surface area (Å²) in [6.45, 7) is 10.9. The summed E-state index contributed by atoms with van der Waals surface area (Å²) < 4.78 is 38.4. The van der Waals surface area contributed by atoms with Crippen LogP contribution >= 0.6 is 0 Å². The highest BCUT2D eigenvalue weighted by Crippen LogP contribution is 2.48. The maximum atomic E-state index is 13.0. The van der Waals surface area contributed by atoms with Gasteiger partial charge in [-0.25, -0.2) is 8.42 Å². The summed E-state index contributed by atoms with van der Waals surface area (Å²) in [5.74, 6) is -0.635. The van der Waals surface area contributed by atoms with Crippen molar-refractivity contribution in [2.24, 2.45) is 0 Å². The number of benzene rings is 1. The maximum absolute atomic E-state index is 13.0. The Labute approximate surface area is 163 Å². The minimum atomic E-state index is -3.77. The van der Waals surface area contributed by atoms with Crippen molar-refractivity contribution in [2.45, 2.75) is 86.4 Å². The molecular weight excluding hydrogens is 380 g/mol. The van der Waals surface area contributed by atoms with Crippen LogP contribution < -0.4 is 0 Å². The van der Waals surface area contributed by atoms with Gasteiger partial charge in [0.1, 0.15) is 5.60 Å². The second kappa shape index (κ2) is 6.71. The fourth-order valence-electron chi connectivity index (χ4n) is 3.78. The lowest BCUT2D eigenvalue weighted by Crippen LogP contribution is -2.50. The highest BCUT2D eigenvalue weighted by Gasteiger charge is 2.59. The number of esters is 1. The molecule has 1 saturated carbocycles. The molecule has 0 radical (unpaired) electrons. The summed E-state index contributed by atoms with van der Waals surface area (Å²) in [6, 6.07) is 8.16. The van der Waals surface area contributed by atoms with Gasteiger partial charge in [0.05, 0.1) is 11.0 Å². The van der Waals surface area contributed by atoms with Gasteiger partial charge in [0.25, 0.3) is 0 Å². The number of hydrogen-bond donors (Lipinski definition) is 0. The van der Waals surface area contributed by atoms with E-state index in [9.17, 15) is 13.2 Å². The maximum Gasteiger partial charge on any atom is 0.325 e. The van der Waals surface area contributed by atoms with Crippen LogP contribution in [-0.4, -0.2) is 39.7 Å². The molecule has 150 valence electrons. The zero-order chi connectivity index (χ0) is 20.1. The summed E-state index contributed by atoms with van der Waals surface area (Å²) in [7, 11) is -5.82. The Morgan fingerprint density at radius 3 is 2.41 bits per heavy atom. The van der Waals surface area contributed by atoms with Gasteiger partial charge in [0, 0.05) is 6.42 Å². The lowest BCUT2D eigenvalue weighted by molar-refractivity contribution is -0.154. The number of rotatable bonds is 4. The van der Waals surface area contributed by atoms with Crippen molar-refractivity contribution in [1.82, 2.24) is 0 Å². The van der Waals surface area contributed by atoms with Crippen molar-refractivity contribution in [1.29, 1.82) is 0 Å². The fraction of sp³-hybridized carbons (Fsp3) is 0.650. The topological polar surface area (TPSA) is 69.7 Å². The summed E-state index contributed by atoms with van der Waals surface area (Å²) in [6.07, 6.45) is 2.31. The average Bonchev–Trinajstić information content (AvgIpc) is 3.11. The average molecular weight is 411 g/mol. The second-order valence-electron chi connectivity index (χ2n) is 9.30. The summed E-state index contributed by atoms with van der Waals surface area (Å²) >= 11 is 0. The molecule has 0 bridgehead atoms. The van der Waals surface area contributed by atoms with Gasteiger partial charge in [-0.2, -0.15) is 0 Å². The first kappa shape index (κ1) is 20.5. The number of ether oxygens (including phenoxy) is 1. The van der Waals surface area contributed by atoms with Gasteiger partial charge in [-0.3, -0.25) is 4.79 Å². The van der Waals surface area contributed by atoms with E-state index in [0.717, 1.165) is 12.8 Å². The normalized spacial score (nSPS) is 29.3. The van der Waals surface area contributed by atoms with Gasteiger partial charge >= 0.3 is 5.97 Å². The molecule has 1 aromatic rings. The standard InChI is InChI=1S/C20H30O5SSi/c1-19(2,3)27(4,5)25-17-12-9-13-20(17)14-16(18(21)24-20)26(22,23)15-10-7-6-8-11-15/h6-8,10-11,16-17H,9,12-14H2,1-5H3/t16-,17+,20?/m1/s1. The molecule has 2 aliphatic rings. The Kier molecular flexibility index (Phi) is 5.10. The molecule has 1 aliphatic carbocycles.